The fourth-order valence-electron chi connectivity index (χ4n) is 2.16. The number of aromatic nitrogens is 3. The Balaban J connectivity index is 2.24. The topological polar surface area (TPSA) is 110 Å². The SMILES string of the molecule is CCC(C(=O)Nc1ccc(C)c(Cl)c1)n1c(N)nnc1SCC#N. The predicted molar refractivity (Wildman–Crippen MR) is 94.9 cm³/mol. The molecule has 7 nitrogen and oxygen atoms in total. The lowest BCUT2D eigenvalue weighted by atomic mass is 10.2. The molecule has 1 unspecified atom stereocenters. The smallest absolute Gasteiger partial charge is 0.247 e. The van der Waals surface area contributed by atoms with Crippen LogP contribution in [0.4, 0.5) is 11.6 Å². The zero-order chi connectivity index (χ0) is 17.7. The molecule has 1 amide bonds. The molecule has 1 heterocycles. The quantitative estimate of drug-likeness (QED) is 0.762. The minimum absolute atomic E-state index is 0.138. The number of nitrogens with zero attached hydrogens (tertiary/aromatic N) is 4. The van der Waals surface area contributed by atoms with Crippen LogP contribution >= 0.6 is 23.4 Å². The number of aryl methyl sites for hydroxylation is 1. The first kappa shape index (κ1) is 18.1. The third-order valence-electron chi connectivity index (χ3n) is 3.40. The van der Waals surface area contributed by atoms with Gasteiger partial charge in [0.2, 0.25) is 11.9 Å². The molecule has 0 aliphatic heterocycles. The molecular weight excluding hydrogens is 348 g/mol. The summed E-state index contributed by atoms with van der Waals surface area (Å²) in [4.78, 5) is 12.7. The summed E-state index contributed by atoms with van der Waals surface area (Å²) in [6, 6.07) is 6.75. The van der Waals surface area contributed by atoms with Crippen molar-refractivity contribution in [2.24, 2.45) is 0 Å². The normalized spacial score (nSPS) is 11.8. The number of anilines is 2. The number of hydrogen-bond acceptors (Lipinski definition) is 6. The van der Waals surface area contributed by atoms with Crippen molar-refractivity contribution < 1.29 is 4.79 Å². The Hall–Kier alpha value is -2.24. The summed E-state index contributed by atoms with van der Waals surface area (Å²) >= 11 is 7.27. The molecule has 3 N–H and O–H groups in total. The molecule has 0 bridgehead atoms. The highest BCUT2D eigenvalue weighted by Crippen LogP contribution is 2.26. The van der Waals surface area contributed by atoms with Crippen LogP contribution in [0.3, 0.4) is 0 Å². The lowest BCUT2D eigenvalue weighted by Crippen LogP contribution is -2.27. The molecule has 0 radical (unpaired) electrons. The number of rotatable bonds is 6. The minimum atomic E-state index is -0.582. The summed E-state index contributed by atoms with van der Waals surface area (Å²) in [7, 11) is 0. The number of carbonyl (C=O) groups excluding carboxylic acids is 1. The van der Waals surface area contributed by atoms with Gasteiger partial charge < -0.3 is 11.1 Å². The number of nitrogen functional groups attached to an aromatic ring is 1. The monoisotopic (exact) mass is 364 g/mol. The Bertz CT molecular complexity index is 785. The van der Waals surface area contributed by atoms with Gasteiger partial charge in [-0.05, 0) is 31.0 Å². The molecular formula is C15H17ClN6OS. The number of nitriles is 1. The molecule has 0 spiro atoms. The van der Waals surface area contributed by atoms with E-state index in [1.807, 2.05) is 26.0 Å². The molecule has 2 rings (SSSR count). The standard InChI is InChI=1S/C15H17ClN6OS/c1-3-12(22-14(18)20-21-15(22)24-7-6-17)13(23)19-10-5-4-9(2)11(16)8-10/h4-5,8,12H,3,7H2,1-2H3,(H2,18,20)(H,19,23). The van der Waals surface area contributed by atoms with Crippen LogP contribution in [0.2, 0.25) is 5.02 Å². The molecule has 0 saturated carbocycles. The highest BCUT2D eigenvalue weighted by Gasteiger charge is 2.25. The largest absolute Gasteiger partial charge is 0.368 e. The van der Waals surface area contributed by atoms with Gasteiger partial charge in [-0.1, -0.05) is 36.4 Å². The van der Waals surface area contributed by atoms with Crippen LogP contribution in [0, 0.1) is 18.3 Å². The van der Waals surface area contributed by atoms with E-state index in [0.29, 0.717) is 22.3 Å². The van der Waals surface area contributed by atoms with Crippen molar-refractivity contribution in [2.75, 3.05) is 16.8 Å². The lowest BCUT2D eigenvalue weighted by Gasteiger charge is -2.19. The molecule has 0 aliphatic rings. The summed E-state index contributed by atoms with van der Waals surface area (Å²) in [6.07, 6.45) is 0.494. The number of benzene rings is 1. The van der Waals surface area contributed by atoms with E-state index in [-0.39, 0.29) is 17.6 Å². The van der Waals surface area contributed by atoms with Crippen molar-refractivity contribution in [3.63, 3.8) is 0 Å². The van der Waals surface area contributed by atoms with Crippen LogP contribution in [0.5, 0.6) is 0 Å². The Kier molecular flexibility index (Phi) is 6.06. The molecule has 2 aromatic rings. The first-order valence-electron chi connectivity index (χ1n) is 7.25. The predicted octanol–water partition coefficient (Wildman–Crippen LogP) is 3.03. The Labute approximate surface area is 149 Å². The summed E-state index contributed by atoms with van der Waals surface area (Å²) in [5.74, 6) is 0.0890. The van der Waals surface area contributed by atoms with Gasteiger partial charge in [0.15, 0.2) is 5.16 Å². The number of nitrogens with one attached hydrogen (secondary N) is 1. The van der Waals surface area contributed by atoms with E-state index in [2.05, 4.69) is 15.5 Å². The van der Waals surface area contributed by atoms with Crippen molar-refractivity contribution >= 4 is 40.9 Å². The second-order valence-corrected chi connectivity index (χ2v) is 6.38. The molecule has 24 heavy (non-hydrogen) atoms. The summed E-state index contributed by atoms with van der Waals surface area (Å²) in [6.45, 7) is 3.75. The van der Waals surface area contributed by atoms with Crippen LogP contribution in [0.15, 0.2) is 23.4 Å². The van der Waals surface area contributed by atoms with Gasteiger partial charge in [0, 0.05) is 10.7 Å². The van der Waals surface area contributed by atoms with E-state index in [1.165, 1.54) is 11.8 Å². The van der Waals surface area contributed by atoms with Gasteiger partial charge in [0.05, 0.1) is 11.8 Å². The van der Waals surface area contributed by atoms with Gasteiger partial charge in [0.25, 0.3) is 0 Å². The van der Waals surface area contributed by atoms with Crippen molar-refractivity contribution in [2.45, 2.75) is 31.5 Å². The van der Waals surface area contributed by atoms with Gasteiger partial charge in [-0.3, -0.25) is 9.36 Å². The summed E-state index contributed by atoms with van der Waals surface area (Å²) in [5, 5.41) is 20.3. The highest BCUT2D eigenvalue weighted by molar-refractivity contribution is 7.99. The number of hydrogen-bond donors (Lipinski definition) is 2. The third kappa shape index (κ3) is 3.99. The first-order valence-corrected chi connectivity index (χ1v) is 8.61. The second-order valence-electron chi connectivity index (χ2n) is 5.03. The summed E-state index contributed by atoms with van der Waals surface area (Å²) in [5.41, 5.74) is 7.39. The first-order chi connectivity index (χ1) is 11.5. The minimum Gasteiger partial charge on any atom is -0.368 e. The zero-order valence-electron chi connectivity index (χ0n) is 13.3. The van der Waals surface area contributed by atoms with Crippen molar-refractivity contribution in [3.8, 4) is 6.07 Å². The van der Waals surface area contributed by atoms with Crippen LogP contribution in [0.1, 0.15) is 24.9 Å². The van der Waals surface area contributed by atoms with Crippen LogP contribution in [-0.4, -0.2) is 26.4 Å². The number of nitrogens with two attached hydrogens (primary N) is 1. The second kappa shape index (κ2) is 8.04. The summed E-state index contributed by atoms with van der Waals surface area (Å²) < 4.78 is 1.55. The van der Waals surface area contributed by atoms with Crippen molar-refractivity contribution in [1.29, 1.82) is 5.26 Å². The zero-order valence-corrected chi connectivity index (χ0v) is 14.9. The maximum Gasteiger partial charge on any atom is 0.247 e. The maximum atomic E-state index is 12.7. The molecule has 9 heteroatoms. The van der Waals surface area contributed by atoms with Crippen LogP contribution < -0.4 is 11.1 Å². The van der Waals surface area contributed by atoms with E-state index in [0.717, 1.165) is 5.56 Å². The molecule has 0 saturated heterocycles. The fraction of sp³-hybridized carbons (Fsp3) is 0.333. The van der Waals surface area contributed by atoms with E-state index in [4.69, 9.17) is 22.6 Å². The molecule has 0 fully saturated rings. The van der Waals surface area contributed by atoms with E-state index in [1.54, 1.807) is 16.7 Å². The molecule has 1 aromatic heterocycles. The maximum absolute atomic E-state index is 12.7. The molecule has 1 atom stereocenters. The lowest BCUT2D eigenvalue weighted by molar-refractivity contribution is -0.119. The van der Waals surface area contributed by atoms with Crippen molar-refractivity contribution in [3.05, 3.63) is 28.8 Å². The Morgan fingerprint density at radius 3 is 2.92 bits per heavy atom. The molecule has 0 aliphatic carbocycles. The van der Waals surface area contributed by atoms with E-state index in [9.17, 15) is 4.79 Å². The van der Waals surface area contributed by atoms with Gasteiger partial charge in [0.1, 0.15) is 6.04 Å². The number of amides is 1. The average molecular weight is 365 g/mol. The van der Waals surface area contributed by atoms with Gasteiger partial charge in [-0.15, -0.1) is 10.2 Å². The van der Waals surface area contributed by atoms with E-state index < -0.39 is 6.04 Å². The Morgan fingerprint density at radius 1 is 1.54 bits per heavy atom. The number of carbonyl (C=O) groups is 1. The fourth-order valence-corrected chi connectivity index (χ4v) is 2.99. The average Bonchev–Trinajstić information content (AvgIpc) is 2.91. The van der Waals surface area contributed by atoms with Crippen LogP contribution in [0.25, 0.3) is 0 Å². The van der Waals surface area contributed by atoms with E-state index >= 15 is 0 Å². The van der Waals surface area contributed by atoms with Crippen LogP contribution in [-0.2, 0) is 4.79 Å². The highest BCUT2D eigenvalue weighted by atomic mass is 35.5. The molecule has 126 valence electrons. The molecule has 1 aromatic carbocycles. The Morgan fingerprint density at radius 2 is 2.29 bits per heavy atom. The number of halogens is 1. The number of thioether (sulfide) groups is 1. The van der Waals surface area contributed by atoms with Crippen molar-refractivity contribution in [1.82, 2.24) is 14.8 Å². The third-order valence-corrected chi connectivity index (χ3v) is 4.61. The van der Waals surface area contributed by atoms with Gasteiger partial charge in [-0.25, -0.2) is 0 Å². The van der Waals surface area contributed by atoms with Gasteiger partial charge >= 0.3 is 0 Å². The van der Waals surface area contributed by atoms with Gasteiger partial charge in [-0.2, -0.15) is 5.26 Å².